The lowest BCUT2D eigenvalue weighted by Gasteiger charge is -2.12. The number of thioether (sulfide) groups is 1. The summed E-state index contributed by atoms with van der Waals surface area (Å²) in [4.78, 5) is 23.2. The highest BCUT2D eigenvalue weighted by molar-refractivity contribution is 7.99. The van der Waals surface area contributed by atoms with Gasteiger partial charge in [-0.2, -0.15) is 0 Å². The second-order valence-electron chi connectivity index (χ2n) is 6.21. The van der Waals surface area contributed by atoms with Crippen molar-refractivity contribution in [2.24, 2.45) is 11.7 Å². The lowest BCUT2D eigenvalue weighted by molar-refractivity contribution is -0.118. The molecule has 0 bridgehead atoms. The van der Waals surface area contributed by atoms with Gasteiger partial charge in [-0.05, 0) is 30.2 Å². The summed E-state index contributed by atoms with van der Waals surface area (Å²) in [6.07, 6.45) is 0.657. The largest absolute Gasteiger partial charge is 0.370 e. The van der Waals surface area contributed by atoms with Gasteiger partial charge >= 0.3 is 0 Å². The molecule has 1 heterocycles. The second kappa shape index (κ2) is 9.59. The van der Waals surface area contributed by atoms with E-state index in [1.807, 2.05) is 4.57 Å². The van der Waals surface area contributed by atoms with E-state index in [1.165, 1.54) is 11.8 Å². The van der Waals surface area contributed by atoms with Gasteiger partial charge < -0.3 is 15.6 Å². The molecule has 0 saturated carbocycles. The van der Waals surface area contributed by atoms with Crippen molar-refractivity contribution >= 4 is 40.9 Å². The number of hydrogen-bond acceptors (Lipinski definition) is 5. The molecular formula is C17H22ClN5O2S. The lowest BCUT2D eigenvalue weighted by Crippen LogP contribution is -2.16. The first-order valence-corrected chi connectivity index (χ1v) is 9.60. The Kier molecular flexibility index (Phi) is 7.47. The van der Waals surface area contributed by atoms with E-state index in [2.05, 4.69) is 29.4 Å². The first-order chi connectivity index (χ1) is 12.3. The second-order valence-corrected chi connectivity index (χ2v) is 7.59. The minimum atomic E-state index is -0.374. The summed E-state index contributed by atoms with van der Waals surface area (Å²) in [5, 5.41) is 12.4. The summed E-state index contributed by atoms with van der Waals surface area (Å²) in [6, 6.07) is 6.92. The van der Waals surface area contributed by atoms with Gasteiger partial charge in [0, 0.05) is 30.1 Å². The first kappa shape index (κ1) is 20.3. The van der Waals surface area contributed by atoms with Crippen LogP contribution in [-0.2, 0) is 22.6 Å². The SMILES string of the molecule is CC(C)Cn1c(CCC(N)=O)nnc1SCC(=O)Nc1ccc(Cl)cc1. The number of nitrogens with one attached hydrogen (secondary N) is 1. The normalized spacial score (nSPS) is 10.9. The van der Waals surface area contributed by atoms with Crippen LogP contribution < -0.4 is 11.1 Å². The van der Waals surface area contributed by atoms with Crippen LogP contribution in [0.25, 0.3) is 0 Å². The predicted octanol–water partition coefficient (Wildman–Crippen LogP) is 2.74. The number of anilines is 1. The summed E-state index contributed by atoms with van der Waals surface area (Å²) >= 11 is 7.14. The first-order valence-electron chi connectivity index (χ1n) is 8.23. The fourth-order valence-corrected chi connectivity index (χ4v) is 3.15. The maximum absolute atomic E-state index is 12.1. The standard InChI is InChI=1S/C17H22ClN5O2S/c1-11(2)9-23-15(8-7-14(19)24)21-22-17(23)26-10-16(25)20-13-5-3-12(18)4-6-13/h3-6,11H,7-10H2,1-2H3,(H2,19,24)(H,20,25). The Morgan fingerprint density at radius 2 is 1.96 bits per heavy atom. The molecule has 0 saturated heterocycles. The van der Waals surface area contributed by atoms with Crippen LogP contribution in [0.3, 0.4) is 0 Å². The van der Waals surface area contributed by atoms with Gasteiger partial charge in [0.15, 0.2) is 5.16 Å². The van der Waals surface area contributed by atoms with E-state index in [0.29, 0.717) is 40.6 Å². The van der Waals surface area contributed by atoms with Crippen LogP contribution in [0.5, 0.6) is 0 Å². The molecule has 0 aliphatic rings. The Bertz CT molecular complexity index is 761. The van der Waals surface area contributed by atoms with Gasteiger partial charge in [0.1, 0.15) is 5.82 Å². The fourth-order valence-electron chi connectivity index (χ4n) is 2.25. The van der Waals surface area contributed by atoms with E-state index >= 15 is 0 Å². The molecule has 0 unspecified atom stereocenters. The van der Waals surface area contributed by atoms with Gasteiger partial charge in [0.2, 0.25) is 11.8 Å². The van der Waals surface area contributed by atoms with Gasteiger partial charge in [-0.25, -0.2) is 0 Å². The summed E-state index contributed by atoms with van der Waals surface area (Å²) < 4.78 is 1.95. The van der Waals surface area contributed by atoms with Crippen LogP contribution in [0.1, 0.15) is 26.1 Å². The summed E-state index contributed by atoms with van der Waals surface area (Å²) in [5.74, 6) is 0.767. The topological polar surface area (TPSA) is 103 Å². The zero-order valence-electron chi connectivity index (χ0n) is 14.7. The van der Waals surface area contributed by atoms with Crippen LogP contribution in [0.2, 0.25) is 5.02 Å². The quantitative estimate of drug-likeness (QED) is 0.635. The van der Waals surface area contributed by atoms with E-state index in [4.69, 9.17) is 17.3 Å². The van der Waals surface area contributed by atoms with E-state index in [1.54, 1.807) is 24.3 Å². The summed E-state index contributed by atoms with van der Waals surface area (Å²) in [5.41, 5.74) is 5.90. The maximum atomic E-state index is 12.1. The molecule has 140 valence electrons. The van der Waals surface area contributed by atoms with E-state index in [9.17, 15) is 9.59 Å². The van der Waals surface area contributed by atoms with Gasteiger partial charge in [0.25, 0.3) is 0 Å². The summed E-state index contributed by atoms with van der Waals surface area (Å²) in [7, 11) is 0. The number of nitrogens with two attached hydrogens (primary N) is 1. The lowest BCUT2D eigenvalue weighted by atomic mass is 10.2. The molecular weight excluding hydrogens is 374 g/mol. The van der Waals surface area contributed by atoms with Crippen molar-refractivity contribution in [2.75, 3.05) is 11.1 Å². The number of carbonyl (C=O) groups is 2. The Morgan fingerprint density at radius 3 is 2.58 bits per heavy atom. The third-order valence-corrected chi connectivity index (χ3v) is 4.62. The molecule has 7 nitrogen and oxygen atoms in total. The molecule has 2 amide bonds. The average Bonchev–Trinajstić information content (AvgIpc) is 2.94. The molecule has 1 aromatic heterocycles. The Labute approximate surface area is 161 Å². The Hall–Kier alpha value is -2.06. The minimum absolute atomic E-state index is 0.143. The molecule has 0 fully saturated rings. The summed E-state index contributed by atoms with van der Waals surface area (Å²) in [6.45, 7) is 4.88. The van der Waals surface area contributed by atoms with E-state index in [0.717, 1.165) is 0 Å². The molecule has 0 radical (unpaired) electrons. The maximum Gasteiger partial charge on any atom is 0.234 e. The number of hydrogen-bond donors (Lipinski definition) is 2. The number of aromatic nitrogens is 3. The van der Waals surface area contributed by atoms with Crippen LogP contribution in [-0.4, -0.2) is 32.3 Å². The van der Waals surface area contributed by atoms with Crippen molar-refractivity contribution in [1.29, 1.82) is 0 Å². The highest BCUT2D eigenvalue weighted by Crippen LogP contribution is 2.20. The molecule has 0 spiro atoms. The third kappa shape index (κ3) is 6.34. The number of primary amides is 1. The number of amides is 2. The van der Waals surface area contributed by atoms with Crippen LogP contribution in [0.15, 0.2) is 29.4 Å². The zero-order chi connectivity index (χ0) is 19.1. The minimum Gasteiger partial charge on any atom is -0.370 e. The molecule has 9 heteroatoms. The van der Waals surface area contributed by atoms with Crippen molar-refractivity contribution in [3.8, 4) is 0 Å². The molecule has 0 atom stereocenters. The van der Waals surface area contributed by atoms with Gasteiger partial charge in [0.05, 0.1) is 5.75 Å². The van der Waals surface area contributed by atoms with E-state index < -0.39 is 0 Å². The van der Waals surface area contributed by atoms with Gasteiger partial charge in [-0.3, -0.25) is 9.59 Å². The fraction of sp³-hybridized carbons (Fsp3) is 0.412. The van der Waals surface area contributed by atoms with Gasteiger partial charge in [-0.1, -0.05) is 37.2 Å². The van der Waals surface area contributed by atoms with Gasteiger partial charge in [-0.15, -0.1) is 10.2 Å². The van der Waals surface area contributed by atoms with Crippen LogP contribution in [0, 0.1) is 5.92 Å². The number of carbonyl (C=O) groups excluding carboxylic acids is 2. The van der Waals surface area contributed by atoms with Crippen molar-refractivity contribution in [3.63, 3.8) is 0 Å². The van der Waals surface area contributed by atoms with Crippen molar-refractivity contribution in [3.05, 3.63) is 35.1 Å². The average molecular weight is 396 g/mol. The third-order valence-electron chi connectivity index (χ3n) is 3.40. The van der Waals surface area contributed by atoms with Crippen LogP contribution >= 0.6 is 23.4 Å². The molecule has 2 rings (SSSR count). The molecule has 0 aliphatic heterocycles. The smallest absolute Gasteiger partial charge is 0.234 e. The molecule has 2 aromatic rings. The number of rotatable bonds is 9. The molecule has 0 aliphatic carbocycles. The Morgan fingerprint density at radius 1 is 1.27 bits per heavy atom. The van der Waals surface area contributed by atoms with Crippen molar-refractivity contribution < 1.29 is 9.59 Å². The zero-order valence-corrected chi connectivity index (χ0v) is 16.3. The number of halogens is 1. The highest BCUT2D eigenvalue weighted by atomic mass is 35.5. The molecule has 3 N–H and O–H groups in total. The van der Waals surface area contributed by atoms with E-state index in [-0.39, 0.29) is 24.0 Å². The van der Waals surface area contributed by atoms with Crippen LogP contribution in [0.4, 0.5) is 5.69 Å². The predicted molar refractivity (Wildman–Crippen MR) is 103 cm³/mol. The molecule has 26 heavy (non-hydrogen) atoms. The Balaban J connectivity index is 1.99. The molecule has 1 aromatic carbocycles. The number of aryl methyl sites for hydroxylation is 1. The number of benzene rings is 1. The number of nitrogens with zero attached hydrogens (tertiary/aromatic N) is 3. The highest BCUT2D eigenvalue weighted by Gasteiger charge is 2.16. The van der Waals surface area contributed by atoms with Crippen molar-refractivity contribution in [2.45, 2.75) is 38.4 Å². The monoisotopic (exact) mass is 395 g/mol. The van der Waals surface area contributed by atoms with Crippen molar-refractivity contribution in [1.82, 2.24) is 14.8 Å².